The van der Waals surface area contributed by atoms with Crippen molar-refractivity contribution in [1.29, 1.82) is 0 Å². The van der Waals surface area contributed by atoms with Crippen LogP contribution in [0, 0.1) is 0 Å². The van der Waals surface area contributed by atoms with Crippen molar-refractivity contribution in [3.05, 3.63) is 53.0 Å². The van der Waals surface area contributed by atoms with Gasteiger partial charge in [0, 0.05) is 6.54 Å². The first kappa shape index (κ1) is 13.5. The quantitative estimate of drug-likeness (QED) is 0.833. The largest absolute Gasteiger partial charge is 0.393 e. The molecule has 19 heavy (non-hydrogen) atoms. The number of fused-ring (bicyclic) bond motifs is 1. The number of aromatic nitrogens is 2. The van der Waals surface area contributed by atoms with Gasteiger partial charge in [-0.2, -0.15) is 0 Å². The molecule has 0 bridgehead atoms. The van der Waals surface area contributed by atoms with Gasteiger partial charge in [-0.25, -0.2) is 4.98 Å². The number of aliphatic hydroxyl groups is 1. The van der Waals surface area contributed by atoms with Crippen molar-refractivity contribution < 1.29 is 5.11 Å². The average molecular weight is 258 g/mol. The number of allylic oxidation sites excluding steroid dienone is 1. The molecular weight excluding hydrogens is 240 g/mol. The molecule has 0 saturated heterocycles. The summed E-state index contributed by atoms with van der Waals surface area (Å²) in [7, 11) is 0. The summed E-state index contributed by atoms with van der Waals surface area (Å²) in [6.07, 6.45) is 2.29. The minimum Gasteiger partial charge on any atom is -0.393 e. The van der Waals surface area contributed by atoms with Crippen LogP contribution in [0.1, 0.15) is 19.0 Å². The van der Waals surface area contributed by atoms with E-state index in [0.29, 0.717) is 25.1 Å². The summed E-state index contributed by atoms with van der Waals surface area (Å²) < 4.78 is 1.67. The Kier molecular flexibility index (Phi) is 4.12. The molecule has 1 atom stereocenters. The third-order valence-corrected chi connectivity index (χ3v) is 3.03. The van der Waals surface area contributed by atoms with E-state index in [2.05, 4.69) is 11.6 Å². The zero-order valence-electron chi connectivity index (χ0n) is 11.0. The van der Waals surface area contributed by atoms with Crippen LogP contribution in [-0.4, -0.2) is 20.8 Å². The Morgan fingerprint density at radius 1 is 1.47 bits per heavy atom. The molecule has 100 valence electrons. The first-order chi connectivity index (χ1) is 9.13. The van der Waals surface area contributed by atoms with Crippen molar-refractivity contribution in [2.75, 3.05) is 0 Å². The monoisotopic (exact) mass is 258 g/mol. The molecule has 1 N–H and O–H groups in total. The van der Waals surface area contributed by atoms with Crippen LogP contribution in [0.4, 0.5) is 0 Å². The summed E-state index contributed by atoms with van der Waals surface area (Å²) in [6.45, 7) is 5.86. The predicted octanol–water partition coefficient (Wildman–Crippen LogP) is 1.90. The second-order valence-electron chi connectivity index (χ2n) is 4.64. The van der Waals surface area contributed by atoms with Crippen molar-refractivity contribution in [2.24, 2.45) is 0 Å². The Morgan fingerprint density at radius 3 is 2.89 bits per heavy atom. The Hall–Kier alpha value is -1.94. The maximum Gasteiger partial charge on any atom is 0.273 e. The fraction of sp³-hybridized carbons (Fsp3) is 0.333. The highest BCUT2D eigenvalue weighted by atomic mass is 16.3. The molecule has 0 aliphatic heterocycles. The molecule has 4 nitrogen and oxygen atoms in total. The highest BCUT2D eigenvalue weighted by Gasteiger charge is 2.10. The van der Waals surface area contributed by atoms with Gasteiger partial charge in [-0.05, 0) is 31.9 Å². The van der Waals surface area contributed by atoms with Crippen LogP contribution in [0.2, 0.25) is 0 Å². The fourth-order valence-electron chi connectivity index (χ4n) is 2.06. The van der Waals surface area contributed by atoms with Gasteiger partial charge in [0.2, 0.25) is 0 Å². The minimum absolute atomic E-state index is 0.0979. The first-order valence-corrected chi connectivity index (χ1v) is 6.41. The second kappa shape index (κ2) is 5.80. The van der Waals surface area contributed by atoms with E-state index in [1.807, 2.05) is 24.3 Å². The van der Waals surface area contributed by atoms with Gasteiger partial charge in [-0.15, -0.1) is 6.58 Å². The summed E-state index contributed by atoms with van der Waals surface area (Å²) in [4.78, 5) is 16.8. The van der Waals surface area contributed by atoms with Crippen LogP contribution >= 0.6 is 0 Å². The van der Waals surface area contributed by atoms with Gasteiger partial charge in [0.05, 0.1) is 17.1 Å². The summed E-state index contributed by atoms with van der Waals surface area (Å²) in [6, 6.07) is 7.56. The third kappa shape index (κ3) is 2.90. The van der Waals surface area contributed by atoms with Gasteiger partial charge >= 0.3 is 0 Å². The number of rotatable bonds is 5. The van der Waals surface area contributed by atoms with Crippen LogP contribution in [0.3, 0.4) is 0 Å². The lowest BCUT2D eigenvalue weighted by molar-refractivity contribution is 0.184. The smallest absolute Gasteiger partial charge is 0.273 e. The van der Waals surface area contributed by atoms with Crippen molar-refractivity contribution in [2.45, 2.75) is 32.4 Å². The molecule has 2 aromatic rings. The molecule has 0 amide bonds. The van der Waals surface area contributed by atoms with Gasteiger partial charge in [0.15, 0.2) is 0 Å². The normalized spacial score (nSPS) is 12.5. The summed E-state index contributed by atoms with van der Waals surface area (Å²) in [5.74, 6) is 0. The maximum absolute atomic E-state index is 12.4. The number of benzene rings is 1. The van der Waals surface area contributed by atoms with Crippen molar-refractivity contribution in [3.8, 4) is 0 Å². The van der Waals surface area contributed by atoms with E-state index in [-0.39, 0.29) is 5.56 Å². The van der Waals surface area contributed by atoms with Gasteiger partial charge in [0.1, 0.15) is 5.69 Å². The highest BCUT2D eigenvalue weighted by Crippen LogP contribution is 2.11. The van der Waals surface area contributed by atoms with E-state index in [4.69, 9.17) is 0 Å². The van der Waals surface area contributed by atoms with Crippen LogP contribution < -0.4 is 5.56 Å². The lowest BCUT2D eigenvalue weighted by Crippen LogP contribution is -2.26. The number of para-hydroxylation sites is 2. The summed E-state index contributed by atoms with van der Waals surface area (Å²) in [5, 5.41) is 9.34. The van der Waals surface area contributed by atoms with E-state index < -0.39 is 6.10 Å². The summed E-state index contributed by atoms with van der Waals surface area (Å²) >= 11 is 0. The van der Waals surface area contributed by atoms with Crippen molar-refractivity contribution >= 4 is 11.0 Å². The molecule has 1 heterocycles. The third-order valence-electron chi connectivity index (χ3n) is 3.03. The zero-order chi connectivity index (χ0) is 13.8. The zero-order valence-corrected chi connectivity index (χ0v) is 11.0. The molecule has 1 unspecified atom stereocenters. The number of hydrogen-bond donors (Lipinski definition) is 1. The second-order valence-corrected chi connectivity index (χ2v) is 4.64. The van der Waals surface area contributed by atoms with E-state index in [1.165, 1.54) is 0 Å². The SMILES string of the molecule is C=CCn1c(=O)c(CCC(C)O)nc2ccccc21. The van der Waals surface area contributed by atoms with E-state index >= 15 is 0 Å². The highest BCUT2D eigenvalue weighted by molar-refractivity contribution is 5.74. The maximum atomic E-state index is 12.4. The fourth-order valence-corrected chi connectivity index (χ4v) is 2.06. The lowest BCUT2D eigenvalue weighted by atomic mass is 10.1. The number of aliphatic hydroxyl groups excluding tert-OH is 1. The standard InChI is InChI=1S/C15H18N2O2/c1-3-10-17-14-7-5-4-6-12(14)16-13(15(17)19)9-8-11(2)18/h3-7,11,18H,1,8-10H2,2H3. The molecule has 4 heteroatoms. The minimum atomic E-state index is -0.430. The van der Waals surface area contributed by atoms with Gasteiger partial charge in [-0.1, -0.05) is 18.2 Å². The van der Waals surface area contributed by atoms with Crippen LogP contribution in [0.15, 0.2) is 41.7 Å². The Morgan fingerprint density at radius 2 is 2.21 bits per heavy atom. The summed E-state index contributed by atoms with van der Waals surface area (Å²) in [5.41, 5.74) is 2.01. The number of nitrogens with zero attached hydrogens (tertiary/aromatic N) is 2. The Bertz CT molecular complexity index is 644. The lowest BCUT2D eigenvalue weighted by Gasteiger charge is -2.11. The molecule has 1 aromatic heterocycles. The average Bonchev–Trinajstić information content (AvgIpc) is 2.40. The predicted molar refractivity (Wildman–Crippen MR) is 76.2 cm³/mol. The molecule has 1 aromatic carbocycles. The Labute approximate surface area is 112 Å². The number of aryl methyl sites for hydroxylation is 1. The van der Waals surface area contributed by atoms with E-state index in [9.17, 15) is 9.90 Å². The first-order valence-electron chi connectivity index (χ1n) is 6.41. The van der Waals surface area contributed by atoms with Crippen LogP contribution in [-0.2, 0) is 13.0 Å². The topological polar surface area (TPSA) is 55.1 Å². The molecule has 0 spiro atoms. The number of hydrogen-bond acceptors (Lipinski definition) is 3. The molecule has 0 radical (unpaired) electrons. The van der Waals surface area contributed by atoms with E-state index in [1.54, 1.807) is 17.6 Å². The van der Waals surface area contributed by atoms with Crippen LogP contribution in [0.25, 0.3) is 11.0 Å². The molecule has 0 aliphatic rings. The molecule has 2 rings (SSSR count). The molecule has 0 fully saturated rings. The van der Waals surface area contributed by atoms with Gasteiger partial charge < -0.3 is 9.67 Å². The van der Waals surface area contributed by atoms with E-state index in [0.717, 1.165) is 11.0 Å². The Balaban J connectivity index is 2.56. The van der Waals surface area contributed by atoms with Crippen molar-refractivity contribution in [3.63, 3.8) is 0 Å². The van der Waals surface area contributed by atoms with Gasteiger partial charge in [0.25, 0.3) is 5.56 Å². The van der Waals surface area contributed by atoms with Gasteiger partial charge in [-0.3, -0.25) is 4.79 Å². The van der Waals surface area contributed by atoms with Crippen LogP contribution in [0.5, 0.6) is 0 Å². The molecule has 0 saturated carbocycles. The van der Waals surface area contributed by atoms with Crippen molar-refractivity contribution in [1.82, 2.24) is 9.55 Å². The molecular formula is C15H18N2O2. The molecule has 0 aliphatic carbocycles.